The molecule has 0 atom stereocenters. The normalized spacial score (nSPS) is 9.12. The van der Waals surface area contributed by atoms with E-state index in [0.29, 0.717) is 0 Å². The molecule has 2 nitrogen and oxygen atoms in total. The minimum absolute atomic E-state index is 0.934. The van der Waals surface area contributed by atoms with Gasteiger partial charge in [0, 0.05) is 0 Å². The lowest BCUT2D eigenvalue weighted by molar-refractivity contribution is 0.925. The van der Waals surface area contributed by atoms with Crippen molar-refractivity contribution in [2.75, 3.05) is 6.26 Å². The van der Waals surface area contributed by atoms with Gasteiger partial charge >= 0.3 is 0 Å². The number of hydrogen-bond acceptors (Lipinski definition) is 3. The summed E-state index contributed by atoms with van der Waals surface area (Å²) in [5, 5.41) is 8.25. The summed E-state index contributed by atoms with van der Waals surface area (Å²) in [4.78, 5) is 0. The molecule has 1 heterocycles. The van der Waals surface area contributed by atoms with E-state index in [4.69, 9.17) is 0 Å². The second-order valence-electron chi connectivity index (χ2n) is 1.20. The third kappa shape index (κ3) is 1.20. The van der Waals surface area contributed by atoms with Crippen LogP contribution in [0.2, 0.25) is 0 Å². The summed E-state index contributed by atoms with van der Waals surface area (Å²) >= 11 is 1.58. The highest BCUT2D eigenvalue weighted by Gasteiger charge is 1.84. The first-order chi connectivity index (χ1) is 3.93. The van der Waals surface area contributed by atoms with Crippen molar-refractivity contribution in [1.29, 1.82) is 0 Å². The van der Waals surface area contributed by atoms with Gasteiger partial charge in [-0.2, -0.15) is 0 Å². The van der Waals surface area contributed by atoms with Crippen molar-refractivity contribution in [3.8, 4) is 0 Å². The zero-order valence-corrected chi connectivity index (χ0v) is 5.27. The van der Waals surface area contributed by atoms with Crippen molar-refractivity contribution in [3.05, 3.63) is 18.3 Å². The van der Waals surface area contributed by atoms with Crippen LogP contribution in [-0.4, -0.2) is 16.5 Å². The van der Waals surface area contributed by atoms with Crippen molar-refractivity contribution in [2.45, 2.75) is 5.03 Å². The van der Waals surface area contributed by atoms with Gasteiger partial charge in [0.05, 0.1) is 0 Å². The summed E-state index contributed by atoms with van der Waals surface area (Å²) in [5.74, 6) is 0. The predicted molar refractivity (Wildman–Crippen MR) is 32.6 cm³/mol. The van der Waals surface area contributed by atoms with Crippen LogP contribution in [0.3, 0.4) is 0 Å². The van der Waals surface area contributed by atoms with Crippen LogP contribution in [0, 0.1) is 6.20 Å². The van der Waals surface area contributed by atoms with Crippen molar-refractivity contribution in [1.82, 2.24) is 10.2 Å². The molecule has 1 aromatic heterocycles. The molecule has 0 aliphatic heterocycles. The monoisotopic (exact) mass is 125 g/mol. The van der Waals surface area contributed by atoms with Crippen LogP contribution < -0.4 is 0 Å². The lowest BCUT2D eigenvalue weighted by Crippen LogP contribution is -1.79. The van der Waals surface area contributed by atoms with Gasteiger partial charge in [0.25, 0.3) is 0 Å². The van der Waals surface area contributed by atoms with Gasteiger partial charge < -0.3 is 0 Å². The highest BCUT2D eigenvalue weighted by molar-refractivity contribution is 7.98. The van der Waals surface area contributed by atoms with E-state index in [1.54, 1.807) is 17.8 Å². The Morgan fingerprint density at radius 1 is 1.75 bits per heavy atom. The summed E-state index contributed by atoms with van der Waals surface area (Å²) < 4.78 is 0. The topological polar surface area (TPSA) is 25.8 Å². The van der Waals surface area contributed by atoms with E-state index in [2.05, 4.69) is 16.4 Å². The zero-order chi connectivity index (χ0) is 5.82. The van der Waals surface area contributed by atoms with Crippen LogP contribution >= 0.6 is 11.8 Å². The fourth-order valence-corrected chi connectivity index (χ4v) is 0.689. The minimum atomic E-state index is 0.934. The fraction of sp³-hybridized carbons (Fsp3) is 0.200. The van der Waals surface area contributed by atoms with Crippen LogP contribution in [-0.2, 0) is 0 Å². The van der Waals surface area contributed by atoms with E-state index in [0.717, 1.165) is 5.03 Å². The van der Waals surface area contributed by atoms with Gasteiger partial charge in [-0.25, -0.2) is 0 Å². The largest absolute Gasteiger partial charge is 0.148 e. The molecule has 41 valence electrons. The van der Waals surface area contributed by atoms with Crippen molar-refractivity contribution < 1.29 is 0 Å². The van der Waals surface area contributed by atoms with Gasteiger partial charge in [0.1, 0.15) is 11.2 Å². The Kier molecular flexibility index (Phi) is 1.86. The molecule has 1 aromatic rings. The summed E-state index contributed by atoms with van der Waals surface area (Å²) in [7, 11) is 0. The average Bonchev–Trinajstić information content (AvgIpc) is 1.90. The van der Waals surface area contributed by atoms with Gasteiger partial charge in [-0.1, -0.05) is 0 Å². The van der Waals surface area contributed by atoms with Crippen molar-refractivity contribution in [2.24, 2.45) is 0 Å². The molecule has 0 fully saturated rings. The van der Waals surface area contributed by atoms with E-state index < -0.39 is 0 Å². The van der Waals surface area contributed by atoms with Gasteiger partial charge in [0.15, 0.2) is 0 Å². The van der Waals surface area contributed by atoms with Crippen LogP contribution in [0.1, 0.15) is 0 Å². The smallest absolute Gasteiger partial charge is 0.119 e. The molecule has 0 aliphatic rings. The van der Waals surface area contributed by atoms with E-state index in [-0.39, 0.29) is 0 Å². The quantitative estimate of drug-likeness (QED) is 0.524. The first kappa shape index (κ1) is 5.56. The van der Waals surface area contributed by atoms with Crippen molar-refractivity contribution >= 4 is 11.8 Å². The number of thioether (sulfide) groups is 1. The highest BCUT2D eigenvalue weighted by Crippen LogP contribution is 2.06. The second kappa shape index (κ2) is 2.67. The van der Waals surface area contributed by atoms with Gasteiger partial charge in [-0.05, 0) is 18.4 Å². The van der Waals surface area contributed by atoms with Gasteiger partial charge in [0.2, 0.25) is 0 Å². The van der Waals surface area contributed by atoms with Crippen LogP contribution in [0.4, 0.5) is 0 Å². The number of hydrogen-bond donors (Lipinski definition) is 0. The Morgan fingerprint density at radius 3 is 3.00 bits per heavy atom. The third-order valence-electron chi connectivity index (χ3n) is 0.716. The second-order valence-corrected chi connectivity index (χ2v) is 2.03. The van der Waals surface area contributed by atoms with Gasteiger partial charge in [-0.15, -0.1) is 22.0 Å². The fourth-order valence-electron chi connectivity index (χ4n) is 0.362. The van der Waals surface area contributed by atoms with E-state index >= 15 is 0 Å². The molecule has 0 saturated heterocycles. The molecule has 0 unspecified atom stereocenters. The average molecular weight is 125 g/mol. The summed E-state index contributed by atoms with van der Waals surface area (Å²) in [6.07, 6.45) is 4.55. The zero-order valence-electron chi connectivity index (χ0n) is 4.46. The summed E-state index contributed by atoms with van der Waals surface area (Å²) in [6.45, 7) is 0. The summed E-state index contributed by atoms with van der Waals surface area (Å²) in [5.41, 5.74) is 0. The molecule has 1 radical (unpaired) electrons. The van der Waals surface area contributed by atoms with E-state index in [1.165, 1.54) is 0 Å². The Bertz CT molecular complexity index is 152. The Hall–Kier alpha value is -0.570. The maximum Gasteiger partial charge on any atom is 0.119 e. The molecule has 3 heteroatoms. The number of aromatic nitrogens is 2. The van der Waals surface area contributed by atoms with Gasteiger partial charge in [-0.3, -0.25) is 0 Å². The molecule has 0 bridgehead atoms. The molecule has 1 rings (SSSR count). The van der Waals surface area contributed by atoms with E-state index in [1.807, 2.05) is 12.3 Å². The lowest BCUT2D eigenvalue weighted by atomic mass is 10.6. The predicted octanol–water partition coefficient (Wildman–Crippen LogP) is 0.999. The number of nitrogens with zero attached hydrogens (tertiary/aromatic N) is 2. The highest BCUT2D eigenvalue weighted by atomic mass is 32.2. The number of rotatable bonds is 1. The molecule has 8 heavy (non-hydrogen) atoms. The Labute approximate surface area is 52.3 Å². The van der Waals surface area contributed by atoms with Crippen LogP contribution in [0.5, 0.6) is 0 Å². The Balaban J connectivity index is 2.83. The summed E-state index contributed by atoms with van der Waals surface area (Å²) in [6, 6.07) is 3.62. The maximum atomic E-state index is 3.75. The first-order valence-corrected chi connectivity index (χ1v) is 3.40. The molecular weight excluding hydrogens is 120 g/mol. The molecule has 0 aromatic carbocycles. The standard InChI is InChI=1S/C5H5N2S/c1-8-5-3-2-4-6-7-5/h2-3H,1H3. The minimum Gasteiger partial charge on any atom is -0.148 e. The molecular formula is C5H5N2S. The maximum absolute atomic E-state index is 3.75. The molecule has 0 N–H and O–H groups in total. The SMILES string of the molecule is CSc1cc[c]nn1. The molecule has 0 amide bonds. The van der Waals surface area contributed by atoms with Crippen molar-refractivity contribution in [3.63, 3.8) is 0 Å². The van der Waals surface area contributed by atoms with Crippen LogP contribution in [0.25, 0.3) is 0 Å². The molecule has 0 saturated carbocycles. The molecule has 0 spiro atoms. The first-order valence-electron chi connectivity index (χ1n) is 2.17. The lowest BCUT2D eigenvalue weighted by Gasteiger charge is -1.86. The van der Waals surface area contributed by atoms with E-state index in [9.17, 15) is 0 Å². The third-order valence-corrected chi connectivity index (χ3v) is 1.35. The Morgan fingerprint density at radius 2 is 2.62 bits per heavy atom. The molecule has 0 aliphatic carbocycles. The van der Waals surface area contributed by atoms with Crippen LogP contribution in [0.15, 0.2) is 17.2 Å².